The van der Waals surface area contributed by atoms with E-state index in [2.05, 4.69) is 10.4 Å². The summed E-state index contributed by atoms with van der Waals surface area (Å²) in [5.74, 6) is 0.745. The van der Waals surface area contributed by atoms with E-state index in [1.54, 1.807) is 0 Å². The molecule has 1 aromatic heterocycles. The number of carbonyl (C=O) groups excluding carboxylic acids is 1. The summed E-state index contributed by atoms with van der Waals surface area (Å²) >= 11 is 0. The van der Waals surface area contributed by atoms with Crippen molar-refractivity contribution in [2.24, 2.45) is 0 Å². The van der Waals surface area contributed by atoms with Crippen molar-refractivity contribution >= 4 is 11.6 Å². The number of ether oxygens (including phenoxy) is 1. The molecule has 0 aliphatic heterocycles. The molecule has 0 spiro atoms. The Bertz CT molecular complexity index is 914. The molecule has 0 radical (unpaired) electrons. The molecule has 1 N–H and O–H groups in total. The van der Waals surface area contributed by atoms with Crippen LogP contribution in [0, 0.1) is 0 Å². The van der Waals surface area contributed by atoms with Gasteiger partial charge in [0.25, 0.3) is 0 Å². The summed E-state index contributed by atoms with van der Waals surface area (Å²) in [5, 5.41) is 7.39. The van der Waals surface area contributed by atoms with Crippen LogP contribution in [0.5, 0.6) is 5.75 Å². The van der Waals surface area contributed by atoms with Crippen LogP contribution in [0.4, 0.5) is 5.69 Å². The molecule has 4 rings (SSSR count). The molecular weight excluding hydrogens is 350 g/mol. The Kier molecular flexibility index (Phi) is 5.71. The molecule has 0 saturated heterocycles. The molecule has 144 valence electrons. The van der Waals surface area contributed by atoms with Crippen LogP contribution in [-0.4, -0.2) is 21.8 Å². The van der Waals surface area contributed by atoms with Crippen molar-refractivity contribution in [3.63, 3.8) is 0 Å². The van der Waals surface area contributed by atoms with Crippen molar-refractivity contribution in [1.82, 2.24) is 9.78 Å². The first-order valence-corrected chi connectivity index (χ1v) is 9.92. The molecule has 1 heterocycles. The fraction of sp³-hybridized carbons (Fsp3) is 0.304. The van der Waals surface area contributed by atoms with Crippen molar-refractivity contribution in [1.29, 1.82) is 0 Å². The van der Waals surface area contributed by atoms with Crippen LogP contribution >= 0.6 is 0 Å². The molecule has 1 saturated carbocycles. The quantitative estimate of drug-likeness (QED) is 0.647. The number of benzene rings is 2. The van der Waals surface area contributed by atoms with E-state index in [0.29, 0.717) is 12.8 Å². The van der Waals surface area contributed by atoms with Gasteiger partial charge in [-0.1, -0.05) is 30.3 Å². The Labute approximate surface area is 165 Å². The van der Waals surface area contributed by atoms with Gasteiger partial charge in [-0.2, -0.15) is 5.10 Å². The summed E-state index contributed by atoms with van der Waals surface area (Å²) in [6.07, 6.45) is 9.72. The molecule has 2 aromatic carbocycles. The molecule has 0 bridgehead atoms. The number of carbonyl (C=O) groups is 1. The second-order valence-corrected chi connectivity index (χ2v) is 7.20. The van der Waals surface area contributed by atoms with E-state index in [1.165, 1.54) is 12.8 Å². The summed E-state index contributed by atoms with van der Waals surface area (Å²) in [4.78, 5) is 12.5. The highest BCUT2D eigenvalue weighted by Gasteiger charge is 2.18. The van der Waals surface area contributed by atoms with Crippen LogP contribution in [0.2, 0.25) is 0 Å². The van der Waals surface area contributed by atoms with Crippen LogP contribution in [0.15, 0.2) is 67.0 Å². The van der Waals surface area contributed by atoms with Crippen LogP contribution in [0.3, 0.4) is 0 Å². The monoisotopic (exact) mass is 375 g/mol. The Morgan fingerprint density at radius 3 is 2.64 bits per heavy atom. The number of aromatic nitrogens is 2. The van der Waals surface area contributed by atoms with Gasteiger partial charge in [-0.15, -0.1) is 0 Å². The topological polar surface area (TPSA) is 56.2 Å². The van der Waals surface area contributed by atoms with Crippen molar-refractivity contribution in [2.75, 3.05) is 5.32 Å². The summed E-state index contributed by atoms with van der Waals surface area (Å²) < 4.78 is 7.93. The summed E-state index contributed by atoms with van der Waals surface area (Å²) in [6.45, 7) is 0. The van der Waals surface area contributed by atoms with Gasteiger partial charge in [-0.25, -0.2) is 4.68 Å². The van der Waals surface area contributed by atoms with Gasteiger partial charge in [0.2, 0.25) is 5.91 Å². The predicted octanol–water partition coefficient (Wildman–Crippen LogP) is 4.77. The smallest absolute Gasteiger partial charge is 0.224 e. The third kappa shape index (κ3) is 4.60. The van der Waals surface area contributed by atoms with Gasteiger partial charge in [-0.3, -0.25) is 4.79 Å². The van der Waals surface area contributed by atoms with E-state index in [1.807, 2.05) is 71.7 Å². The van der Waals surface area contributed by atoms with Gasteiger partial charge < -0.3 is 10.1 Å². The lowest BCUT2D eigenvalue weighted by atomic mass is 10.2. The summed E-state index contributed by atoms with van der Waals surface area (Å²) in [7, 11) is 0. The molecule has 1 aliphatic rings. The predicted molar refractivity (Wildman–Crippen MR) is 110 cm³/mol. The summed E-state index contributed by atoms with van der Waals surface area (Å²) in [6, 6.07) is 17.6. The Morgan fingerprint density at radius 1 is 1.07 bits per heavy atom. The lowest BCUT2D eigenvalue weighted by Gasteiger charge is -2.16. The first kappa shape index (κ1) is 18.3. The number of nitrogens with zero attached hydrogens (tertiary/aromatic N) is 2. The van der Waals surface area contributed by atoms with Crippen LogP contribution in [0.1, 0.15) is 37.7 Å². The maximum atomic E-state index is 12.5. The van der Waals surface area contributed by atoms with Gasteiger partial charge in [-0.05, 0) is 61.9 Å². The first-order chi connectivity index (χ1) is 13.8. The zero-order valence-corrected chi connectivity index (χ0v) is 15.9. The maximum Gasteiger partial charge on any atom is 0.224 e. The highest BCUT2D eigenvalue weighted by atomic mass is 16.5. The number of nitrogens with one attached hydrogen (secondary N) is 1. The van der Waals surface area contributed by atoms with E-state index in [9.17, 15) is 4.79 Å². The summed E-state index contributed by atoms with van der Waals surface area (Å²) in [5.41, 5.74) is 2.80. The fourth-order valence-electron chi connectivity index (χ4n) is 3.54. The lowest BCUT2D eigenvalue weighted by molar-refractivity contribution is -0.116. The SMILES string of the molecule is O=C(CCc1cnn(-c2ccccc2)c1)Nc1ccccc1OC1CCCC1. The minimum absolute atomic E-state index is 0.0186. The third-order valence-corrected chi connectivity index (χ3v) is 5.05. The standard InChI is InChI=1S/C23H25N3O2/c27-23(15-14-18-16-24-26(17-18)19-8-2-1-3-9-19)25-21-12-6-7-13-22(21)28-20-10-4-5-11-20/h1-3,6-9,12-13,16-17,20H,4-5,10-11,14-15H2,(H,25,27). The van der Waals surface area contributed by atoms with Gasteiger partial charge in [0.05, 0.1) is 23.7 Å². The maximum absolute atomic E-state index is 12.5. The zero-order valence-electron chi connectivity index (χ0n) is 15.9. The second-order valence-electron chi connectivity index (χ2n) is 7.20. The van der Waals surface area contributed by atoms with E-state index in [-0.39, 0.29) is 12.0 Å². The zero-order chi connectivity index (χ0) is 19.2. The first-order valence-electron chi connectivity index (χ1n) is 9.92. The molecule has 5 nitrogen and oxygen atoms in total. The van der Waals surface area contributed by atoms with Crippen LogP contribution in [-0.2, 0) is 11.2 Å². The van der Waals surface area contributed by atoms with Gasteiger partial charge >= 0.3 is 0 Å². The molecule has 1 fully saturated rings. The number of amides is 1. The lowest BCUT2D eigenvalue weighted by Crippen LogP contribution is -2.16. The average molecular weight is 375 g/mol. The fourth-order valence-corrected chi connectivity index (χ4v) is 3.54. The minimum atomic E-state index is -0.0186. The van der Waals surface area contributed by atoms with E-state index < -0.39 is 0 Å². The number of rotatable bonds is 7. The van der Waals surface area contributed by atoms with E-state index >= 15 is 0 Å². The minimum Gasteiger partial charge on any atom is -0.488 e. The van der Waals surface area contributed by atoms with Crippen LogP contribution in [0.25, 0.3) is 5.69 Å². The van der Waals surface area contributed by atoms with Crippen molar-refractivity contribution in [3.8, 4) is 11.4 Å². The molecule has 5 heteroatoms. The Balaban J connectivity index is 1.33. The molecule has 0 unspecified atom stereocenters. The molecular formula is C23H25N3O2. The largest absolute Gasteiger partial charge is 0.488 e. The Morgan fingerprint density at radius 2 is 1.82 bits per heavy atom. The highest BCUT2D eigenvalue weighted by molar-refractivity contribution is 5.92. The van der Waals surface area contributed by atoms with Crippen molar-refractivity contribution in [2.45, 2.75) is 44.6 Å². The number of hydrogen-bond acceptors (Lipinski definition) is 3. The molecule has 1 amide bonds. The average Bonchev–Trinajstić information content (AvgIpc) is 3.41. The van der Waals surface area contributed by atoms with Crippen molar-refractivity contribution in [3.05, 3.63) is 72.6 Å². The third-order valence-electron chi connectivity index (χ3n) is 5.05. The van der Waals surface area contributed by atoms with Gasteiger partial charge in [0.1, 0.15) is 5.75 Å². The number of hydrogen-bond donors (Lipinski definition) is 1. The molecule has 28 heavy (non-hydrogen) atoms. The Hall–Kier alpha value is -3.08. The molecule has 1 aliphatic carbocycles. The van der Waals surface area contributed by atoms with Gasteiger partial charge in [0, 0.05) is 12.6 Å². The molecule has 0 atom stereocenters. The van der Waals surface area contributed by atoms with E-state index in [0.717, 1.165) is 35.5 Å². The number of para-hydroxylation sites is 3. The van der Waals surface area contributed by atoms with Gasteiger partial charge in [0.15, 0.2) is 0 Å². The van der Waals surface area contributed by atoms with E-state index in [4.69, 9.17) is 4.74 Å². The number of anilines is 1. The second kappa shape index (κ2) is 8.74. The number of aryl methyl sites for hydroxylation is 1. The highest BCUT2D eigenvalue weighted by Crippen LogP contribution is 2.29. The van der Waals surface area contributed by atoms with Crippen LogP contribution < -0.4 is 10.1 Å². The normalized spacial score (nSPS) is 14.1. The molecule has 3 aromatic rings. The van der Waals surface area contributed by atoms with Crippen molar-refractivity contribution < 1.29 is 9.53 Å².